The minimum atomic E-state index is -0.454. The second-order valence-electron chi connectivity index (χ2n) is 2.60. The Morgan fingerprint density at radius 2 is 2.00 bits per heavy atom. The number of benzene rings is 1. The van der Waals surface area contributed by atoms with Gasteiger partial charge in [0, 0.05) is 5.56 Å². The van der Waals surface area contributed by atoms with E-state index in [4.69, 9.17) is 11.6 Å². The van der Waals surface area contributed by atoms with E-state index in [1.807, 2.05) is 6.92 Å². The number of nitro groups is 1. The second-order valence-corrected chi connectivity index (χ2v) is 3.00. The molecule has 0 amide bonds. The predicted octanol–water partition coefficient (Wildman–Crippen LogP) is 2.87. The SMILES string of the molecule is Cc1ccc(Cl)c([N+](=O)[O-])c1C. The summed E-state index contributed by atoms with van der Waals surface area (Å²) in [5.74, 6) is 0. The lowest BCUT2D eigenvalue weighted by atomic mass is 10.1. The maximum atomic E-state index is 10.5. The zero-order chi connectivity index (χ0) is 9.30. The molecule has 0 spiro atoms. The lowest BCUT2D eigenvalue weighted by molar-refractivity contribution is -0.385. The molecule has 12 heavy (non-hydrogen) atoms. The van der Waals surface area contributed by atoms with Gasteiger partial charge in [-0.15, -0.1) is 0 Å². The van der Waals surface area contributed by atoms with Crippen LogP contribution in [-0.2, 0) is 0 Å². The van der Waals surface area contributed by atoms with E-state index < -0.39 is 4.92 Å². The summed E-state index contributed by atoms with van der Waals surface area (Å²) in [4.78, 5) is 10.1. The summed E-state index contributed by atoms with van der Waals surface area (Å²) in [5, 5.41) is 10.7. The molecule has 0 fully saturated rings. The van der Waals surface area contributed by atoms with Gasteiger partial charge < -0.3 is 0 Å². The third-order valence-electron chi connectivity index (χ3n) is 1.84. The van der Waals surface area contributed by atoms with E-state index in [1.54, 1.807) is 19.1 Å². The lowest BCUT2D eigenvalue weighted by Gasteiger charge is -2.01. The van der Waals surface area contributed by atoms with Crippen molar-refractivity contribution in [3.63, 3.8) is 0 Å². The maximum absolute atomic E-state index is 10.5. The number of nitrogens with zero attached hydrogens (tertiary/aromatic N) is 1. The molecule has 4 heteroatoms. The van der Waals surface area contributed by atoms with Gasteiger partial charge in [-0.2, -0.15) is 0 Å². The fourth-order valence-corrected chi connectivity index (χ4v) is 1.27. The molecule has 64 valence electrons. The average molecular weight is 186 g/mol. The van der Waals surface area contributed by atoms with E-state index >= 15 is 0 Å². The highest BCUT2D eigenvalue weighted by Crippen LogP contribution is 2.29. The molecule has 0 N–H and O–H groups in total. The minimum Gasteiger partial charge on any atom is -0.258 e. The van der Waals surface area contributed by atoms with E-state index in [9.17, 15) is 10.1 Å². The van der Waals surface area contributed by atoms with Crippen molar-refractivity contribution in [3.05, 3.63) is 38.4 Å². The second kappa shape index (κ2) is 3.11. The Morgan fingerprint density at radius 3 is 2.42 bits per heavy atom. The topological polar surface area (TPSA) is 43.1 Å². The quantitative estimate of drug-likeness (QED) is 0.499. The van der Waals surface area contributed by atoms with Crippen molar-refractivity contribution in [2.75, 3.05) is 0 Å². The monoisotopic (exact) mass is 185 g/mol. The molecule has 0 saturated heterocycles. The molecule has 0 unspecified atom stereocenters. The van der Waals surface area contributed by atoms with Crippen LogP contribution in [0, 0.1) is 24.0 Å². The van der Waals surface area contributed by atoms with Gasteiger partial charge in [0.1, 0.15) is 5.02 Å². The molecule has 0 atom stereocenters. The summed E-state index contributed by atoms with van der Waals surface area (Å²) in [6.07, 6.45) is 0. The van der Waals surface area contributed by atoms with E-state index in [2.05, 4.69) is 0 Å². The van der Waals surface area contributed by atoms with Crippen LogP contribution < -0.4 is 0 Å². The van der Waals surface area contributed by atoms with Crippen LogP contribution in [0.25, 0.3) is 0 Å². The normalized spacial score (nSPS) is 9.92. The first-order valence-electron chi connectivity index (χ1n) is 3.44. The van der Waals surface area contributed by atoms with Gasteiger partial charge in [0.15, 0.2) is 0 Å². The molecule has 1 aromatic rings. The molecular weight excluding hydrogens is 178 g/mol. The summed E-state index contributed by atoms with van der Waals surface area (Å²) >= 11 is 5.65. The molecule has 0 bridgehead atoms. The highest BCUT2D eigenvalue weighted by Gasteiger charge is 2.16. The fraction of sp³-hybridized carbons (Fsp3) is 0.250. The predicted molar refractivity (Wildman–Crippen MR) is 47.6 cm³/mol. The minimum absolute atomic E-state index is 0.0108. The smallest absolute Gasteiger partial charge is 0.258 e. The average Bonchev–Trinajstić information content (AvgIpc) is 1.97. The zero-order valence-electron chi connectivity index (χ0n) is 6.80. The number of hydrogen-bond donors (Lipinski definition) is 0. The van der Waals surface area contributed by atoms with Gasteiger partial charge in [0.2, 0.25) is 0 Å². The van der Waals surface area contributed by atoms with Crippen LogP contribution in [0.5, 0.6) is 0 Å². The fourth-order valence-electron chi connectivity index (χ4n) is 0.992. The molecule has 0 radical (unpaired) electrons. The van der Waals surface area contributed by atoms with E-state index in [-0.39, 0.29) is 10.7 Å². The Hall–Kier alpha value is -1.09. The first kappa shape index (κ1) is 9.00. The Kier molecular flexibility index (Phi) is 2.33. The van der Waals surface area contributed by atoms with E-state index in [0.717, 1.165) is 5.56 Å². The number of nitro benzene ring substituents is 1. The maximum Gasteiger partial charge on any atom is 0.291 e. The number of aryl methyl sites for hydroxylation is 1. The third-order valence-corrected chi connectivity index (χ3v) is 2.14. The summed E-state index contributed by atoms with van der Waals surface area (Å²) in [5.41, 5.74) is 1.52. The molecule has 0 heterocycles. The molecule has 3 nitrogen and oxygen atoms in total. The summed E-state index contributed by atoms with van der Waals surface area (Å²) < 4.78 is 0. The van der Waals surface area contributed by atoms with Crippen molar-refractivity contribution in [1.29, 1.82) is 0 Å². The van der Waals surface area contributed by atoms with Gasteiger partial charge >= 0.3 is 0 Å². The molecule has 1 rings (SSSR count). The summed E-state index contributed by atoms with van der Waals surface area (Å²) in [7, 11) is 0. The van der Waals surface area contributed by atoms with Crippen LogP contribution in [-0.4, -0.2) is 4.92 Å². The summed E-state index contributed by atoms with van der Waals surface area (Å²) in [6.45, 7) is 3.51. The highest BCUT2D eigenvalue weighted by molar-refractivity contribution is 6.32. The van der Waals surface area contributed by atoms with Gasteiger partial charge in [-0.25, -0.2) is 0 Å². The summed E-state index contributed by atoms with van der Waals surface area (Å²) in [6, 6.07) is 3.31. The van der Waals surface area contributed by atoms with Gasteiger partial charge in [-0.3, -0.25) is 10.1 Å². The van der Waals surface area contributed by atoms with Crippen molar-refractivity contribution in [2.24, 2.45) is 0 Å². The Morgan fingerprint density at radius 1 is 1.42 bits per heavy atom. The molecular formula is C8H8ClNO2. The van der Waals surface area contributed by atoms with Gasteiger partial charge in [0.05, 0.1) is 4.92 Å². The van der Waals surface area contributed by atoms with Crippen molar-refractivity contribution < 1.29 is 4.92 Å². The molecule has 0 saturated carbocycles. The Labute approximate surface area is 75.1 Å². The van der Waals surface area contributed by atoms with E-state index in [1.165, 1.54) is 0 Å². The van der Waals surface area contributed by atoms with Crippen LogP contribution in [0.4, 0.5) is 5.69 Å². The number of halogens is 1. The van der Waals surface area contributed by atoms with Crippen molar-refractivity contribution >= 4 is 17.3 Å². The zero-order valence-corrected chi connectivity index (χ0v) is 7.55. The van der Waals surface area contributed by atoms with Crippen molar-refractivity contribution in [3.8, 4) is 0 Å². The number of hydrogen-bond acceptors (Lipinski definition) is 2. The number of rotatable bonds is 1. The largest absolute Gasteiger partial charge is 0.291 e. The van der Waals surface area contributed by atoms with Crippen LogP contribution in [0.15, 0.2) is 12.1 Å². The molecule has 1 aromatic carbocycles. The Bertz CT molecular complexity index is 336. The van der Waals surface area contributed by atoms with Crippen molar-refractivity contribution in [2.45, 2.75) is 13.8 Å². The standard InChI is InChI=1S/C8H8ClNO2/c1-5-3-4-7(9)8(6(5)2)10(11)12/h3-4H,1-2H3. The molecule has 0 aliphatic rings. The van der Waals surface area contributed by atoms with Crippen LogP contribution in [0.1, 0.15) is 11.1 Å². The van der Waals surface area contributed by atoms with Crippen LogP contribution >= 0.6 is 11.6 Å². The Balaban J connectivity index is 3.43. The molecule has 0 aliphatic carbocycles. The van der Waals surface area contributed by atoms with Gasteiger partial charge in [-0.1, -0.05) is 17.7 Å². The van der Waals surface area contributed by atoms with E-state index in [0.29, 0.717) is 5.56 Å². The molecule has 0 aliphatic heterocycles. The van der Waals surface area contributed by atoms with Crippen LogP contribution in [0.2, 0.25) is 5.02 Å². The lowest BCUT2D eigenvalue weighted by Crippen LogP contribution is -1.94. The first-order valence-corrected chi connectivity index (χ1v) is 3.82. The van der Waals surface area contributed by atoms with Gasteiger partial charge in [-0.05, 0) is 25.5 Å². The van der Waals surface area contributed by atoms with Crippen molar-refractivity contribution in [1.82, 2.24) is 0 Å². The first-order chi connectivity index (χ1) is 5.54. The van der Waals surface area contributed by atoms with Crippen LogP contribution in [0.3, 0.4) is 0 Å². The highest BCUT2D eigenvalue weighted by atomic mass is 35.5. The third kappa shape index (κ3) is 1.41. The van der Waals surface area contributed by atoms with Gasteiger partial charge in [0.25, 0.3) is 5.69 Å². The molecule has 0 aromatic heterocycles.